The first kappa shape index (κ1) is 16.5. The van der Waals surface area contributed by atoms with Crippen molar-refractivity contribution in [2.24, 2.45) is 11.1 Å². The van der Waals surface area contributed by atoms with Gasteiger partial charge in [-0.25, -0.2) is 4.79 Å². The van der Waals surface area contributed by atoms with E-state index >= 15 is 0 Å². The number of carboxylic acids is 1. The molecule has 0 aliphatic carbocycles. The summed E-state index contributed by atoms with van der Waals surface area (Å²) < 4.78 is 0. The Labute approximate surface area is 122 Å². The van der Waals surface area contributed by atoms with E-state index in [0.29, 0.717) is 11.3 Å². The molecule has 0 radical (unpaired) electrons. The fraction of sp³-hybridized carbons (Fsp3) is 0.357. The van der Waals surface area contributed by atoms with Gasteiger partial charge in [0.1, 0.15) is 0 Å². The lowest BCUT2D eigenvalue weighted by Gasteiger charge is -2.21. The zero-order valence-electron chi connectivity index (χ0n) is 12.0. The summed E-state index contributed by atoms with van der Waals surface area (Å²) in [4.78, 5) is 33.7. The summed E-state index contributed by atoms with van der Waals surface area (Å²) in [5.74, 6) is -1.51. The quantitative estimate of drug-likeness (QED) is 0.623. The monoisotopic (exact) mass is 293 g/mol. The lowest BCUT2D eigenvalue weighted by atomic mass is 9.93. The highest BCUT2D eigenvalue weighted by molar-refractivity contribution is 5.91. The Morgan fingerprint density at radius 1 is 1.24 bits per heavy atom. The van der Waals surface area contributed by atoms with Crippen LogP contribution in [-0.4, -0.2) is 29.6 Å². The number of hydrogen-bond donors (Lipinski definition) is 4. The molecule has 21 heavy (non-hydrogen) atoms. The molecule has 0 aromatic heterocycles. The largest absolute Gasteiger partial charge is 0.481 e. The van der Waals surface area contributed by atoms with Crippen molar-refractivity contribution in [3.63, 3.8) is 0 Å². The molecule has 0 saturated carbocycles. The van der Waals surface area contributed by atoms with Crippen molar-refractivity contribution in [2.75, 3.05) is 11.9 Å². The maximum Gasteiger partial charge on any atom is 0.319 e. The van der Waals surface area contributed by atoms with Crippen LogP contribution in [0.4, 0.5) is 10.5 Å². The summed E-state index contributed by atoms with van der Waals surface area (Å²) in [5.41, 5.74) is 5.25. The van der Waals surface area contributed by atoms with E-state index in [0.717, 1.165) is 0 Å². The number of anilines is 1. The molecule has 5 N–H and O–H groups in total. The number of carboxylic acid groups (broad SMARTS) is 1. The Kier molecular flexibility index (Phi) is 5.29. The SMILES string of the molecule is CC(C)(CNC(=O)Nc1ccccc1CC(=O)O)C(N)=O. The summed E-state index contributed by atoms with van der Waals surface area (Å²) >= 11 is 0. The van der Waals surface area contributed by atoms with Crippen molar-refractivity contribution in [2.45, 2.75) is 20.3 Å². The lowest BCUT2D eigenvalue weighted by molar-refractivity contribution is -0.136. The van der Waals surface area contributed by atoms with Crippen LogP contribution >= 0.6 is 0 Å². The number of carbonyl (C=O) groups excluding carboxylic acids is 2. The van der Waals surface area contributed by atoms with E-state index in [9.17, 15) is 14.4 Å². The van der Waals surface area contributed by atoms with E-state index in [1.165, 1.54) is 0 Å². The van der Waals surface area contributed by atoms with Crippen molar-refractivity contribution in [1.82, 2.24) is 5.32 Å². The van der Waals surface area contributed by atoms with Gasteiger partial charge in [0.25, 0.3) is 0 Å². The molecule has 1 aromatic rings. The summed E-state index contributed by atoms with van der Waals surface area (Å²) in [7, 11) is 0. The second-order valence-electron chi connectivity index (χ2n) is 5.28. The Balaban J connectivity index is 2.67. The summed E-state index contributed by atoms with van der Waals surface area (Å²) in [6, 6.07) is 6.09. The second kappa shape index (κ2) is 6.74. The summed E-state index contributed by atoms with van der Waals surface area (Å²) in [5, 5.41) is 13.9. The zero-order valence-corrected chi connectivity index (χ0v) is 12.0. The Bertz CT molecular complexity index is 555. The molecular formula is C14H19N3O4. The number of benzene rings is 1. The van der Waals surface area contributed by atoms with Gasteiger partial charge in [0.2, 0.25) is 5.91 Å². The number of amides is 3. The maximum atomic E-state index is 11.8. The molecule has 1 rings (SSSR count). The van der Waals surface area contributed by atoms with Crippen LogP contribution in [0.1, 0.15) is 19.4 Å². The normalized spacial score (nSPS) is 10.8. The number of urea groups is 1. The highest BCUT2D eigenvalue weighted by Crippen LogP contribution is 2.16. The minimum atomic E-state index is -0.987. The van der Waals surface area contributed by atoms with Crippen molar-refractivity contribution < 1.29 is 19.5 Å². The van der Waals surface area contributed by atoms with Crippen LogP contribution in [-0.2, 0) is 16.0 Å². The predicted molar refractivity (Wildman–Crippen MR) is 77.8 cm³/mol. The zero-order chi connectivity index (χ0) is 16.0. The standard InChI is InChI=1S/C14H19N3O4/c1-14(2,12(15)20)8-16-13(21)17-10-6-4-3-5-9(10)7-11(18)19/h3-6H,7-8H2,1-2H3,(H2,15,20)(H,18,19)(H2,16,17,21). The molecule has 114 valence electrons. The smallest absolute Gasteiger partial charge is 0.319 e. The number of para-hydroxylation sites is 1. The highest BCUT2D eigenvalue weighted by atomic mass is 16.4. The fourth-order valence-corrected chi connectivity index (χ4v) is 1.51. The first-order chi connectivity index (χ1) is 9.72. The number of nitrogens with two attached hydrogens (primary N) is 1. The molecule has 0 unspecified atom stereocenters. The van der Waals surface area contributed by atoms with E-state index in [4.69, 9.17) is 10.8 Å². The number of rotatable bonds is 6. The first-order valence-electron chi connectivity index (χ1n) is 6.37. The summed E-state index contributed by atoms with van der Waals surface area (Å²) in [6.45, 7) is 3.32. The van der Waals surface area contributed by atoms with E-state index < -0.39 is 23.3 Å². The molecule has 0 spiro atoms. The van der Waals surface area contributed by atoms with Gasteiger partial charge in [0.05, 0.1) is 11.8 Å². The van der Waals surface area contributed by atoms with Crippen LogP contribution in [0.25, 0.3) is 0 Å². The summed E-state index contributed by atoms with van der Waals surface area (Å²) in [6.07, 6.45) is -0.191. The van der Waals surface area contributed by atoms with Crippen LogP contribution < -0.4 is 16.4 Å². The van der Waals surface area contributed by atoms with Crippen molar-refractivity contribution in [3.8, 4) is 0 Å². The molecule has 0 heterocycles. The maximum absolute atomic E-state index is 11.8. The molecule has 1 aromatic carbocycles. The third kappa shape index (κ3) is 5.13. The lowest BCUT2D eigenvalue weighted by Crippen LogP contribution is -2.43. The molecule has 3 amide bonds. The van der Waals surface area contributed by atoms with Gasteiger partial charge in [-0.2, -0.15) is 0 Å². The average molecular weight is 293 g/mol. The van der Waals surface area contributed by atoms with Gasteiger partial charge in [-0.3, -0.25) is 9.59 Å². The average Bonchev–Trinajstić information content (AvgIpc) is 2.38. The number of primary amides is 1. The topological polar surface area (TPSA) is 122 Å². The van der Waals surface area contributed by atoms with Gasteiger partial charge in [-0.05, 0) is 25.5 Å². The van der Waals surface area contributed by atoms with Gasteiger partial charge in [-0.15, -0.1) is 0 Å². The Morgan fingerprint density at radius 3 is 2.43 bits per heavy atom. The van der Waals surface area contributed by atoms with Crippen molar-refractivity contribution in [1.29, 1.82) is 0 Å². The third-order valence-electron chi connectivity index (χ3n) is 2.97. The van der Waals surface area contributed by atoms with E-state index in [2.05, 4.69) is 10.6 Å². The minimum Gasteiger partial charge on any atom is -0.481 e. The van der Waals surface area contributed by atoms with Crippen LogP contribution in [0, 0.1) is 5.41 Å². The van der Waals surface area contributed by atoms with Gasteiger partial charge < -0.3 is 21.5 Å². The fourth-order valence-electron chi connectivity index (χ4n) is 1.51. The van der Waals surface area contributed by atoms with Gasteiger partial charge >= 0.3 is 12.0 Å². The predicted octanol–water partition coefficient (Wildman–Crippen LogP) is 0.947. The minimum absolute atomic E-state index is 0.0786. The molecule has 0 saturated heterocycles. The van der Waals surface area contributed by atoms with Crippen molar-refractivity contribution >= 4 is 23.6 Å². The van der Waals surface area contributed by atoms with E-state index in [-0.39, 0.29) is 13.0 Å². The highest BCUT2D eigenvalue weighted by Gasteiger charge is 2.25. The number of hydrogen-bond acceptors (Lipinski definition) is 3. The van der Waals surface area contributed by atoms with E-state index in [1.54, 1.807) is 38.1 Å². The van der Waals surface area contributed by atoms with Gasteiger partial charge in [0, 0.05) is 12.2 Å². The van der Waals surface area contributed by atoms with Crippen LogP contribution in [0.2, 0.25) is 0 Å². The van der Waals surface area contributed by atoms with Crippen LogP contribution in [0.3, 0.4) is 0 Å². The van der Waals surface area contributed by atoms with Gasteiger partial charge in [0.15, 0.2) is 0 Å². The molecule has 0 aliphatic heterocycles. The third-order valence-corrected chi connectivity index (χ3v) is 2.97. The first-order valence-corrected chi connectivity index (χ1v) is 6.37. The molecule has 7 heteroatoms. The molecule has 0 atom stereocenters. The molecule has 0 aliphatic rings. The van der Waals surface area contributed by atoms with Crippen LogP contribution in [0.5, 0.6) is 0 Å². The second-order valence-corrected chi connectivity index (χ2v) is 5.28. The number of carbonyl (C=O) groups is 3. The molecule has 7 nitrogen and oxygen atoms in total. The molecule has 0 fully saturated rings. The molecule has 0 bridgehead atoms. The van der Waals surface area contributed by atoms with Crippen LogP contribution in [0.15, 0.2) is 24.3 Å². The van der Waals surface area contributed by atoms with E-state index in [1.807, 2.05) is 0 Å². The Morgan fingerprint density at radius 2 is 1.86 bits per heavy atom. The number of aliphatic carboxylic acids is 1. The Hall–Kier alpha value is -2.57. The number of nitrogens with one attached hydrogen (secondary N) is 2. The molecular weight excluding hydrogens is 274 g/mol. The van der Waals surface area contributed by atoms with Crippen molar-refractivity contribution in [3.05, 3.63) is 29.8 Å². The van der Waals surface area contributed by atoms with Gasteiger partial charge in [-0.1, -0.05) is 18.2 Å².